The van der Waals surface area contributed by atoms with Crippen molar-refractivity contribution < 1.29 is 17.5 Å². The van der Waals surface area contributed by atoms with E-state index in [0.29, 0.717) is 29.9 Å². The zero-order valence-corrected chi connectivity index (χ0v) is 19.0. The Kier molecular flexibility index (Phi) is 6.13. The maximum absolute atomic E-state index is 15.2. The van der Waals surface area contributed by atoms with E-state index in [4.69, 9.17) is 4.74 Å². The molecule has 0 radical (unpaired) electrons. The molecule has 0 saturated heterocycles. The second-order valence-electron chi connectivity index (χ2n) is 8.15. The van der Waals surface area contributed by atoms with Crippen LogP contribution in [0.3, 0.4) is 0 Å². The van der Waals surface area contributed by atoms with Crippen molar-refractivity contribution in [3.63, 3.8) is 0 Å². The first-order valence-electron chi connectivity index (χ1n) is 10.4. The van der Waals surface area contributed by atoms with Gasteiger partial charge in [-0.2, -0.15) is 0 Å². The average molecular weight is 449 g/mol. The van der Waals surface area contributed by atoms with Gasteiger partial charge in [-0.25, -0.2) is 12.8 Å². The van der Waals surface area contributed by atoms with Crippen LogP contribution in [0.5, 0.6) is 0 Å². The van der Waals surface area contributed by atoms with Gasteiger partial charge in [0.2, 0.25) is 0 Å². The van der Waals surface area contributed by atoms with E-state index in [2.05, 4.69) is 18.7 Å². The summed E-state index contributed by atoms with van der Waals surface area (Å²) in [7, 11) is -3.31. The predicted molar refractivity (Wildman–Crippen MR) is 127 cm³/mol. The Bertz CT molecular complexity index is 1280. The number of rotatable bonds is 4. The van der Waals surface area contributed by atoms with Crippen molar-refractivity contribution in [3.05, 3.63) is 119 Å². The molecule has 1 aliphatic heterocycles. The number of hydrogen-bond acceptors (Lipinski definition) is 3. The summed E-state index contributed by atoms with van der Waals surface area (Å²) >= 11 is 0. The normalized spacial score (nSPS) is 19.8. The fourth-order valence-electron chi connectivity index (χ4n) is 4.19. The van der Waals surface area contributed by atoms with Gasteiger partial charge in [0.1, 0.15) is 5.83 Å². The van der Waals surface area contributed by atoms with E-state index >= 15 is 4.39 Å². The van der Waals surface area contributed by atoms with Crippen LogP contribution in [0.25, 0.3) is 5.57 Å². The molecular weight excluding hydrogens is 423 g/mol. The molecule has 1 atom stereocenters. The zero-order chi connectivity index (χ0) is 22.9. The average Bonchev–Trinajstić information content (AvgIpc) is 2.91. The van der Waals surface area contributed by atoms with Gasteiger partial charge in [0, 0.05) is 17.7 Å². The summed E-state index contributed by atoms with van der Waals surface area (Å²) in [5.41, 5.74) is 5.83. The molecule has 1 aliphatic carbocycles. The number of ether oxygens (including phenoxy) is 1. The van der Waals surface area contributed by atoms with Gasteiger partial charge >= 0.3 is 0 Å². The van der Waals surface area contributed by atoms with Crippen LogP contribution in [0, 0.1) is 0 Å². The Morgan fingerprint density at radius 3 is 2.31 bits per heavy atom. The van der Waals surface area contributed by atoms with E-state index in [1.807, 2.05) is 31.2 Å². The summed E-state index contributed by atoms with van der Waals surface area (Å²) < 4.78 is 44.5. The number of benzene rings is 2. The summed E-state index contributed by atoms with van der Waals surface area (Å²) in [5.74, 6) is -0.372. The summed E-state index contributed by atoms with van der Waals surface area (Å²) in [6, 6.07) is 16.4. The summed E-state index contributed by atoms with van der Waals surface area (Å²) in [4.78, 5) is 0.203. The van der Waals surface area contributed by atoms with Gasteiger partial charge in [-0.3, -0.25) is 0 Å². The molecule has 0 bridgehead atoms. The van der Waals surface area contributed by atoms with Crippen molar-refractivity contribution in [1.29, 1.82) is 0 Å². The molecule has 1 heterocycles. The maximum Gasteiger partial charge on any atom is 0.175 e. The lowest BCUT2D eigenvalue weighted by Gasteiger charge is -2.30. The van der Waals surface area contributed by atoms with Crippen LogP contribution >= 0.6 is 0 Å². The first kappa shape index (κ1) is 22.2. The smallest absolute Gasteiger partial charge is 0.175 e. The molecule has 4 rings (SSSR count). The predicted octanol–water partition coefficient (Wildman–Crippen LogP) is 5.95. The topological polar surface area (TPSA) is 43.4 Å². The lowest BCUT2D eigenvalue weighted by Crippen LogP contribution is -2.21. The molecule has 32 heavy (non-hydrogen) atoms. The van der Waals surface area contributed by atoms with E-state index in [-0.39, 0.29) is 10.8 Å². The van der Waals surface area contributed by atoms with E-state index in [0.717, 1.165) is 28.5 Å². The highest BCUT2D eigenvalue weighted by atomic mass is 32.2. The molecule has 0 N–H and O–H groups in total. The summed E-state index contributed by atoms with van der Waals surface area (Å²) in [5, 5.41) is 0. The van der Waals surface area contributed by atoms with Crippen molar-refractivity contribution in [2.24, 2.45) is 0 Å². The molecule has 0 saturated carbocycles. The third kappa shape index (κ3) is 4.45. The highest BCUT2D eigenvalue weighted by Crippen LogP contribution is 2.40. The SMILES string of the molecule is C=C1C=C(F)C(c2ccc(S(C)(=O)=O)cc2)=CC=C1C1=C(C)COC[C@H]1c1ccccc1. The van der Waals surface area contributed by atoms with Gasteiger partial charge in [0.05, 0.1) is 18.1 Å². The quantitative estimate of drug-likeness (QED) is 0.580. The lowest BCUT2D eigenvalue weighted by atomic mass is 9.80. The second-order valence-corrected chi connectivity index (χ2v) is 10.2. The Hall–Kier alpha value is -3.02. The Balaban J connectivity index is 1.78. The molecule has 0 unspecified atom stereocenters. The summed E-state index contributed by atoms with van der Waals surface area (Å²) in [6.45, 7) is 7.27. The van der Waals surface area contributed by atoms with Crippen molar-refractivity contribution in [3.8, 4) is 0 Å². The fraction of sp³-hybridized carbons (Fsp3) is 0.185. The van der Waals surface area contributed by atoms with Crippen LogP contribution in [-0.2, 0) is 14.6 Å². The second kappa shape index (κ2) is 8.85. The van der Waals surface area contributed by atoms with Gasteiger partial charge in [-0.05, 0) is 58.6 Å². The van der Waals surface area contributed by atoms with Gasteiger partial charge in [0.15, 0.2) is 9.84 Å². The fourth-order valence-corrected chi connectivity index (χ4v) is 4.83. The summed E-state index contributed by atoms with van der Waals surface area (Å²) in [6.07, 6.45) is 6.25. The zero-order valence-electron chi connectivity index (χ0n) is 18.1. The molecule has 0 amide bonds. The molecule has 2 aromatic rings. The first-order chi connectivity index (χ1) is 15.3. The Morgan fingerprint density at radius 1 is 1.00 bits per heavy atom. The molecule has 0 fully saturated rings. The lowest BCUT2D eigenvalue weighted by molar-refractivity contribution is 0.134. The third-order valence-electron chi connectivity index (χ3n) is 5.82. The van der Waals surface area contributed by atoms with Crippen molar-refractivity contribution in [2.45, 2.75) is 17.7 Å². The van der Waals surface area contributed by atoms with Crippen LogP contribution in [0.15, 0.2) is 112 Å². The minimum Gasteiger partial charge on any atom is -0.376 e. The Morgan fingerprint density at radius 2 is 1.66 bits per heavy atom. The standard InChI is InChI=1S/C27H25FO3S/c1-18-15-26(28)24(21-9-11-22(12-10-21)32(3,29)30)14-13-23(18)27-19(2)16-31-17-25(27)20-7-5-4-6-8-20/h4-15,25H,1,16-17H2,2-3H3/t25-/m0/s1. The van der Waals surface area contributed by atoms with Crippen LogP contribution in [0.4, 0.5) is 4.39 Å². The first-order valence-corrected chi connectivity index (χ1v) is 12.3. The molecule has 2 aromatic carbocycles. The van der Waals surface area contributed by atoms with Gasteiger partial charge in [-0.15, -0.1) is 0 Å². The van der Waals surface area contributed by atoms with Gasteiger partial charge < -0.3 is 4.74 Å². The van der Waals surface area contributed by atoms with Crippen molar-refractivity contribution in [2.75, 3.05) is 19.5 Å². The number of sulfone groups is 1. The number of hydrogen-bond donors (Lipinski definition) is 0. The van der Waals surface area contributed by atoms with E-state index in [1.54, 1.807) is 18.2 Å². The van der Waals surface area contributed by atoms with Crippen molar-refractivity contribution >= 4 is 15.4 Å². The molecule has 0 aromatic heterocycles. The molecule has 5 heteroatoms. The molecule has 2 aliphatic rings. The van der Waals surface area contributed by atoms with Crippen LogP contribution in [-0.4, -0.2) is 27.9 Å². The largest absolute Gasteiger partial charge is 0.376 e. The maximum atomic E-state index is 15.2. The minimum absolute atomic E-state index is 0.0356. The molecular formula is C27H25FO3S. The van der Waals surface area contributed by atoms with E-state index in [1.165, 1.54) is 18.2 Å². The highest BCUT2D eigenvalue weighted by molar-refractivity contribution is 7.90. The highest BCUT2D eigenvalue weighted by Gasteiger charge is 2.27. The van der Waals surface area contributed by atoms with Gasteiger partial charge in [0.25, 0.3) is 0 Å². The Labute approximate surface area is 188 Å². The molecule has 0 spiro atoms. The van der Waals surface area contributed by atoms with Crippen LogP contribution < -0.4 is 0 Å². The monoisotopic (exact) mass is 448 g/mol. The number of halogens is 1. The van der Waals surface area contributed by atoms with E-state index in [9.17, 15) is 8.42 Å². The molecule has 3 nitrogen and oxygen atoms in total. The van der Waals surface area contributed by atoms with Crippen LogP contribution in [0.1, 0.15) is 24.0 Å². The van der Waals surface area contributed by atoms with Gasteiger partial charge in [-0.1, -0.05) is 61.2 Å². The van der Waals surface area contributed by atoms with Crippen molar-refractivity contribution in [1.82, 2.24) is 0 Å². The van der Waals surface area contributed by atoms with Crippen LogP contribution in [0.2, 0.25) is 0 Å². The van der Waals surface area contributed by atoms with E-state index < -0.39 is 15.7 Å². The third-order valence-corrected chi connectivity index (χ3v) is 6.95. The number of allylic oxidation sites excluding steroid dienone is 7. The minimum atomic E-state index is -3.31. The molecule has 164 valence electrons.